The molecule has 1 aliphatic carbocycles. The Kier molecular flexibility index (Phi) is 4.04. The molecule has 0 spiro atoms. The minimum Gasteiger partial charge on any atom is -0.464 e. The number of esters is 1. The summed E-state index contributed by atoms with van der Waals surface area (Å²) in [6.07, 6.45) is 5.23. The molecule has 0 saturated heterocycles. The zero-order valence-corrected chi connectivity index (χ0v) is 11.5. The first kappa shape index (κ1) is 13.1. The molecule has 0 bridgehead atoms. The average molecular weight is 250 g/mol. The maximum absolute atomic E-state index is 12.0. The van der Waals surface area contributed by atoms with Gasteiger partial charge in [0.1, 0.15) is 11.9 Å². The second kappa shape index (κ2) is 5.55. The van der Waals surface area contributed by atoms with E-state index in [1.807, 2.05) is 20.8 Å². The summed E-state index contributed by atoms with van der Waals surface area (Å²) in [7, 11) is 0. The number of hydrogen-bond donors (Lipinski definition) is 0. The maximum atomic E-state index is 12.0. The van der Waals surface area contributed by atoms with Crippen molar-refractivity contribution in [3.8, 4) is 0 Å². The van der Waals surface area contributed by atoms with E-state index in [2.05, 4.69) is 9.55 Å². The van der Waals surface area contributed by atoms with Gasteiger partial charge in [-0.2, -0.15) is 0 Å². The highest BCUT2D eigenvalue weighted by Gasteiger charge is 2.27. The van der Waals surface area contributed by atoms with Crippen LogP contribution in [0.15, 0.2) is 0 Å². The Morgan fingerprint density at radius 1 is 1.39 bits per heavy atom. The molecule has 0 radical (unpaired) electrons. The van der Waals surface area contributed by atoms with Crippen LogP contribution in [0.1, 0.15) is 56.4 Å². The molecular formula is C14H22N2O2. The number of aryl methyl sites for hydroxylation is 2. The van der Waals surface area contributed by atoms with Gasteiger partial charge >= 0.3 is 5.97 Å². The molecule has 1 unspecified atom stereocenters. The van der Waals surface area contributed by atoms with Crippen LogP contribution in [-0.4, -0.2) is 22.1 Å². The SMILES string of the molecule is CCOC(=O)C(CC)n1c(C)nc2c1CCCC2. The van der Waals surface area contributed by atoms with Crippen LogP contribution in [0.25, 0.3) is 0 Å². The number of fused-ring (bicyclic) bond motifs is 1. The summed E-state index contributed by atoms with van der Waals surface area (Å²) in [5, 5.41) is 0. The minimum absolute atomic E-state index is 0.131. The van der Waals surface area contributed by atoms with Gasteiger partial charge in [0.15, 0.2) is 0 Å². The van der Waals surface area contributed by atoms with Gasteiger partial charge in [0.2, 0.25) is 0 Å². The molecule has 4 nitrogen and oxygen atoms in total. The van der Waals surface area contributed by atoms with Crippen LogP contribution in [0.3, 0.4) is 0 Å². The molecule has 1 aromatic rings. The smallest absolute Gasteiger partial charge is 0.329 e. The van der Waals surface area contributed by atoms with Crippen LogP contribution in [0, 0.1) is 6.92 Å². The Bertz CT molecular complexity index is 437. The van der Waals surface area contributed by atoms with Crippen LogP contribution in [-0.2, 0) is 22.4 Å². The number of carbonyl (C=O) groups excluding carboxylic acids is 1. The van der Waals surface area contributed by atoms with E-state index in [1.54, 1.807) is 0 Å². The molecule has 0 saturated carbocycles. The van der Waals surface area contributed by atoms with Gasteiger partial charge in [0, 0.05) is 5.69 Å². The van der Waals surface area contributed by atoms with Gasteiger partial charge in [-0.15, -0.1) is 0 Å². The lowest BCUT2D eigenvalue weighted by Gasteiger charge is -2.21. The molecule has 4 heteroatoms. The van der Waals surface area contributed by atoms with Gasteiger partial charge in [-0.3, -0.25) is 0 Å². The van der Waals surface area contributed by atoms with Crippen molar-refractivity contribution >= 4 is 5.97 Å². The van der Waals surface area contributed by atoms with E-state index < -0.39 is 0 Å². The zero-order chi connectivity index (χ0) is 13.1. The summed E-state index contributed by atoms with van der Waals surface area (Å²) in [6, 6.07) is -0.209. The second-order valence-corrected chi connectivity index (χ2v) is 4.81. The summed E-state index contributed by atoms with van der Waals surface area (Å²) in [5.74, 6) is 0.815. The second-order valence-electron chi connectivity index (χ2n) is 4.81. The average Bonchev–Trinajstić information content (AvgIpc) is 2.68. The molecule has 1 heterocycles. The van der Waals surface area contributed by atoms with E-state index >= 15 is 0 Å². The number of nitrogens with zero attached hydrogens (tertiary/aromatic N) is 2. The van der Waals surface area contributed by atoms with Crippen LogP contribution in [0.5, 0.6) is 0 Å². The lowest BCUT2D eigenvalue weighted by molar-refractivity contribution is -0.147. The van der Waals surface area contributed by atoms with Crippen LogP contribution >= 0.6 is 0 Å². The van der Waals surface area contributed by atoms with Crippen LogP contribution in [0.2, 0.25) is 0 Å². The summed E-state index contributed by atoms with van der Waals surface area (Å²) >= 11 is 0. The normalized spacial score (nSPS) is 16.2. The van der Waals surface area contributed by atoms with Crippen LogP contribution in [0.4, 0.5) is 0 Å². The molecule has 0 amide bonds. The fraction of sp³-hybridized carbons (Fsp3) is 0.714. The molecule has 2 rings (SSSR count). The molecule has 0 N–H and O–H groups in total. The Labute approximate surface area is 108 Å². The van der Waals surface area contributed by atoms with E-state index in [0.29, 0.717) is 6.61 Å². The van der Waals surface area contributed by atoms with E-state index in [-0.39, 0.29) is 12.0 Å². The summed E-state index contributed by atoms with van der Waals surface area (Å²) in [6.45, 7) is 6.29. The van der Waals surface area contributed by atoms with E-state index in [9.17, 15) is 4.79 Å². The van der Waals surface area contributed by atoms with Gasteiger partial charge < -0.3 is 9.30 Å². The Morgan fingerprint density at radius 2 is 2.11 bits per heavy atom. The first-order chi connectivity index (χ1) is 8.69. The molecule has 1 aromatic heterocycles. The highest BCUT2D eigenvalue weighted by Crippen LogP contribution is 2.27. The Hall–Kier alpha value is -1.32. The van der Waals surface area contributed by atoms with E-state index in [1.165, 1.54) is 24.2 Å². The lowest BCUT2D eigenvalue weighted by atomic mass is 10.0. The lowest BCUT2D eigenvalue weighted by Crippen LogP contribution is -2.24. The predicted molar refractivity (Wildman–Crippen MR) is 69.6 cm³/mol. The molecule has 0 fully saturated rings. The molecule has 0 aliphatic heterocycles. The number of rotatable bonds is 4. The minimum atomic E-state index is -0.209. The van der Waals surface area contributed by atoms with Gasteiger partial charge in [0.05, 0.1) is 12.3 Å². The van der Waals surface area contributed by atoms with Gasteiger partial charge in [-0.25, -0.2) is 9.78 Å². The fourth-order valence-electron chi connectivity index (χ4n) is 2.80. The van der Waals surface area contributed by atoms with Gasteiger partial charge in [0.25, 0.3) is 0 Å². The van der Waals surface area contributed by atoms with E-state index in [4.69, 9.17) is 4.74 Å². The topological polar surface area (TPSA) is 44.1 Å². The van der Waals surface area contributed by atoms with Crippen molar-refractivity contribution in [2.24, 2.45) is 0 Å². The number of hydrogen-bond acceptors (Lipinski definition) is 3. The molecular weight excluding hydrogens is 228 g/mol. The third-order valence-electron chi connectivity index (χ3n) is 3.60. The Balaban J connectivity index is 2.35. The third kappa shape index (κ3) is 2.28. The number of imidazole rings is 1. The van der Waals surface area contributed by atoms with Crippen molar-refractivity contribution in [2.75, 3.05) is 6.61 Å². The van der Waals surface area contributed by atoms with Crippen molar-refractivity contribution < 1.29 is 9.53 Å². The number of ether oxygens (including phenoxy) is 1. The third-order valence-corrected chi connectivity index (χ3v) is 3.60. The summed E-state index contributed by atoms with van der Waals surface area (Å²) in [4.78, 5) is 16.7. The van der Waals surface area contributed by atoms with Crippen molar-refractivity contribution in [1.29, 1.82) is 0 Å². The highest BCUT2D eigenvalue weighted by molar-refractivity contribution is 5.74. The molecule has 1 atom stereocenters. The first-order valence-corrected chi connectivity index (χ1v) is 6.92. The number of aromatic nitrogens is 2. The first-order valence-electron chi connectivity index (χ1n) is 6.92. The van der Waals surface area contributed by atoms with Crippen molar-refractivity contribution in [3.05, 3.63) is 17.2 Å². The summed E-state index contributed by atoms with van der Waals surface area (Å²) in [5.41, 5.74) is 2.43. The molecule has 1 aliphatic rings. The Morgan fingerprint density at radius 3 is 2.78 bits per heavy atom. The molecule has 0 aromatic carbocycles. The zero-order valence-electron chi connectivity index (χ0n) is 11.5. The molecule has 100 valence electrons. The predicted octanol–water partition coefficient (Wildman–Crippen LogP) is 2.58. The van der Waals surface area contributed by atoms with Crippen molar-refractivity contribution in [2.45, 2.75) is 58.9 Å². The van der Waals surface area contributed by atoms with E-state index in [0.717, 1.165) is 25.1 Å². The quantitative estimate of drug-likeness (QED) is 0.771. The highest BCUT2D eigenvalue weighted by atomic mass is 16.5. The summed E-state index contributed by atoms with van der Waals surface area (Å²) < 4.78 is 7.28. The standard InChI is InChI=1S/C14H22N2O2/c1-4-12(14(17)18-5-2)16-10(3)15-11-8-6-7-9-13(11)16/h12H,4-9H2,1-3H3. The molecule has 18 heavy (non-hydrogen) atoms. The number of carbonyl (C=O) groups is 1. The van der Waals surface area contributed by atoms with Crippen molar-refractivity contribution in [1.82, 2.24) is 9.55 Å². The van der Waals surface area contributed by atoms with Gasteiger partial charge in [-0.05, 0) is 46.0 Å². The van der Waals surface area contributed by atoms with Gasteiger partial charge in [-0.1, -0.05) is 6.92 Å². The van der Waals surface area contributed by atoms with Crippen molar-refractivity contribution in [3.63, 3.8) is 0 Å². The fourth-order valence-corrected chi connectivity index (χ4v) is 2.80. The van der Waals surface area contributed by atoms with Crippen LogP contribution < -0.4 is 0 Å². The maximum Gasteiger partial charge on any atom is 0.329 e. The monoisotopic (exact) mass is 250 g/mol. The largest absolute Gasteiger partial charge is 0.464 e.